The normalized spacial score (nSPS) is 20.3. The molecular formula is C26H47N3O4. The van der Waals surface area contributed by atoms with Crippen LogP contribution in [-0.4, -0.2) is 72.0 Å². The van der Waals surface area contributed by atoms with Crippen molar-refractivity contribution < 1.29 is 19.1 Å². The van der Waals surface area contributed by atoms with Crippen LogP contribution in [0, 0.1) is 11.8 Å². The Bertz CT molecular complexity index is 689. The van der Waals surface area contributed by atoms with E-state index in [2.05, 4.69) is 24.1 Å². The minimum Gasteiger partial charge on any atom is -0.463 e. The summed E-state index contributed by atoms with van der Waals surface area (Å²) in [5.41, 5.74) is 0.478. The molecule has 33 heavy (non-hydrogen) atoms. The summed E-state index contributed by atoms with van der Waals surface area (Å²) in [5, 5.41) is 3.08. The largest absolute Gasteiger partial charge is 0.463 e. The standard InChI is InChI=1S/C26H47N3O4/c1-10-20(8)29-15-13-12-14-21(29)24(30)27-23(18(5)6)25(31)28(9)22(17(3)4)16-19(7)26(32)33-11-2/h16-18,20-23H,10-15H2,1-9H3,(H,27,30)/b19-16+/t20?,21?,22-,23+/m1/s1. The number of likely N-dealkylation sites (tertiary alicyclic amines) is 1. The monoisotopic (exact) mass is 465 g/mol. The van der Waals surface area contributed by atoms with E-state index in [1.807, 2.05) is 27.7 Å². The van der Waals surface area contributed by atoms with Crippen LogP contribution in [0.5, 0.6) is 0 Å². The summed E-state index contributed by atoms with van der Waals surface area (Å²) in [7, 11) is 1.75. The highest BCUT2D eigenvalue weighted by molar-refractivity contribution is 5.91. The zero-order chi connectivity index (χ0) is 25.3. The van der Waals surface area contributed by atoms with Gasteiger partial charge < -0.3 is 15.0 Å². The Morgan fingerprint density at radius 2 is 1.73 bits per heavy atom. The number of piperidine rings is 1. The van der Waals surface area contributed by atoms with Gasteiger partial charge in [0, 0.05) is 18.7 Å². The van der Waals surface area contributed by atoms with Gasteiger partial charge in [-0.05, 0) is 58.4 Å². The van der Waals surface area contributed by atoms with Crippen molar-refractivity contribution in [2.45, 2.75) is 105 Å². The number of likely N-dealkylation sites (N-methyl/N-ethyl adjacent to an activating group) is 1. The van der Waals surface area contributed by atoms with Crippen LogP contribution < -0.4 is 5.32 Å². The lowest BCUT2D eigenvalue weighted by molar-refractivity contribution is -0.140. The summed E-state index contributed by atoms with van der Waals surface area (Å²) in [6.07, 6.45) is 5.73. The third-order valence-electron chi connectivity index (χ3n) is 6.73. The number of ether oxygens (including phenoxy) is 1. The predicted molar refractivity (Wildman–Crippen MR) is 133 cm³/mol. The second kappa shape index (κ2) is 13.7. The fourth-order valence-electron chi connectivity index (χ4n) is 4.45. The van der Waals surface area contributed by atoms with Crippen molar-refractivity contribution in [2.75, 3.05) is 20.2 Å². The average molecular weight is 466 g/mol. The molecule has 2 amide bonds. The van der Waals surface area contributed by atoms with E-state index in [-0.39, 0.29) is 41.7 Å². The van der Waals surface area contributed by atoms with Crippen molar-refractivity contribution in [2.24, 2.45) is 11.8 Å². The zero-order valence-corrected chi connectivity index (χ0v) is 22.3. The zero-order valence-electron chi connectivity index (χ0n) is 22.3. The Kier molecular flexibility index (Phi) is 12.1. The molecule has 0 aliphatic carbocycles. The molecule has 0 aromatic rings. The number of carbonyl (C=O) groups is 3. The van der Waals surface area contributed by atoms with Crippen LogP contribution in [0.25, 0.3) is 0 Å². The molecule has 1 heterocycles. The van der Waals surface area contributed by atoms with Gasteiger partial charge in [0.2, 0.25) is 11.8 Å². The Morgan fingerprint density at radius 1 is 1.09 bits per heavy atom. The van der Waals surface area contributed by atoms with E-state index < -0.39 is 6.04 Å². The Balaban J connectivity index is 3.07. The van der Waals surface area contributed by atoms with E-state index in [4.69, 9.17) is 4.74 Å². The van der Waals surface area contributed by atoms with Gasteiger partial charge in [0.25, 0.3) is 0 Å². The Labute approximate surface area is 201 Å². The minimum absolute atomic E-state index is 0.0604. The second-order valence-corrected chi connectivity index (χ2v) is 9.99. The fourth-order valence-corrected chi connectivity index (χ4v) is 4.45. The maximum absolute atomic E-state index is 13.5. The van der Waals surface area contributed by atoms with Gasteiger partial charge in [0.15, 0.2) is 0 Å². The van der Waals surface area contributed by atoms with Gasteiger partial charge in [0.1, 0.15) is 6.04 Å². The van der Waals surface area contributed by atoms with Gasteiger partial charge in [-0.25, -0.2) is 4.79 Å². The Hall–Kier alpha value is -1.89. The molecule has 4 atom stereocenters. The summed E-state index contributed by atoms with van der Waals surface area (Å²) >= 11 is 0. The average Bonchev–Trinajstić information content (AvgIpc) is 2.78. The highest BCUT2D eigenvalue weighted by Gasteiger charge is 2.36. The number of hydrogen-bond acceptors (Lipinski definition) is 5. The van der Waals surface area contributed by atoms with Crippen molar-refractivity contribution in [3.05, 3.63) is 11.6 Å². The fraction of sp³-hybridized carbons (Fsp3) is 0.808. The van der Waals surface area contributed by atoms with Crippen LogP contribution in [0.3, 0.4) is 0 Å². The van der Waals surface area contributed by atoms with Gasteiger partial charge in [-0.15, -0.1) is 0 Å². The highest BCUT2D eigenvalue weighted by Crippen LogP contribution is 2.22. The van der Waals surface area contributed by atoms with Gasteiger partial charge >= 0.3 is 5.97 Å². The lowest BCUT2D eigenvalue weighted by Crippen LogP contribution is -2.59. The third kappa shape index (κ3) is 8.13. The van der Waals surface area contributed by atoms with E-state index in [0.29, 0.717) is 18.2 Å². The summed E-state index contributed by atoms with van der Waals surface area (Å²) in [5.74, 6) is -0.552. The summed E-state index contributed by atoms with van der Waals surface area (Å²) in [4.78, 5) is 42.9. The van der Waals surface area contributed by atoms with Crippen molar-refractivity contribution in [1.29, 1.82) is 0 Å². The molecule has 1 fully saturated rings. The quantitative estimate of drug-likeness (QED) is 0.371. The van der Waals surface area contributed by atoms with E-state index in [9.17, 15) is 14.4 Å². The first-order valence-corrected chi connectivity index (χ1v) is 12.6. The molecule has 0 saturated carbocycles. The molecule has 7 heteroatoms. The number of esters is 1. The Morgan fingerprint density at radius 3 is 2.24 bits per heavy atom. The third-order valence-corrected chi connectivity index (χ3v) is 6.73. The first kappa shape index (κ1) is 29.1. The molecule has 1 aliphatic heterocycles. The van der Waals surface area contributed by atoms with Crippen LogP contribution in [0.1, 0.15) is 81.1 Å². The molecule has 2 unspecified atom stereocenters. The van der Waals surface area contributed by atoms with Crippen LogP contribution in [-0.2, 0) is 19.1 Å². The summed E-state index contributed by atoms with van der Waals surface area (Å²) in [6, 6.07) is -0.773. The molecule has 7 nitrogen and oxygen atoms in total. The molecule has 0 spiro atoms. The van der Waals surface area contributed by atoms with Crippen molar-refractivity contribution in [1.82, 2.24) is 15.1 Å². The molecular weight excluding hydrogens is 418 g/mol. The van der Waals surface area contributed by atoms with Crippen molar-refractivity contribution >= 4 is 17.8 Å². The lowest BCUT2D eigenvalue weighted by Gasteiger charge is -2.40. The van der Waals surface area contributed by atoms with Crippen molar-refractivity contribution in [3.63, 3.8) is 0 Å². The van der Waals surface area contributed by atoms with E-state index in [1.165, 1.54) is 0 Å². The van der Waals surface area contributed by atoms with Gasteiger partial charge in [0.05, 0.1) is 18.7 Å². The molecule has 1 rings (SSSR count). The van der Waals surface area contributed by atoms with Crippen molar-refractivity contribution in [3.8, 4) is 0 Å². The maximum atomic E-state index is 13.5. The molecule has 190 valence electrons. The molecule has 1 aliphatic rings. The molecule has 1 saturated heterocycles. The van der Waals surface area contributed by atoms with Crippen LogP contribution in [0.2, 0.25) is 0 Å². The first-order valence-electron chi connectivity index (χ1n) is 12.6. The second-order valence-electron chi connectivity index (χ2n) is 9.99. The SMILES string of the molecule is CCOC(=O)/C(C)=C/[C@H](C(C)C)N(C)C(=O)[C@@H](NC(=O)C1CCCCN1C(C)CC)C(C)C. The highest BCUT2D eigenvalue weighted by atomic mass is 16.5. The van der Waals surface area contributed by atoms with E-state index in [0.717, 1.165) is 32.2 Å². The van der Waals surface area contributed by atoms with Crippen LogP contribution >= 0.6 is 0 Å². The summed E-state index contributed by atoms with van der Waals surface area (Å²) in [6.45, 7) is 16.9. The molecule has 0 aromatic carbocycles. The van der Waals surface area contributed by atoms with Crippen LogP contribution in [0.4, 0.5) is 0 Å². The smallest absolute Gasteiger partial charge is 0.333 e. The van der Waals surface area contributed by atoms with Gasteiger partial charge in [-0.2, -0.15) is 0 Å². The van der Waals surface area contributed by atoms with E-state index >= 15 is 0 Å². The van der Waals surface area contributed by atoms with Gasteiger partial charge in [-0.3, -0.25) is 14.5 Å². The first-order chi connectivity index (χ1) is 15.5. The number of nitrogens with one attached hydrogen (secondary N) is 1. The number of rotatable bonds is 11. The molecule has 0 radical (unpaired) electrons. The predicted octanol–water partition coefficient (Wildman–Crippen LogP) is 3.77. The topological polar surface area (TPSA) is 79.0 Å². The molecule has 0 aromatic heterocycles. The number of carbonyl (C=O) groups excluding carboxylic acids is 3. The van der Waals surface area contributed by atoms with E-state index in [1.54, 1.807) is 31.9 Å². The lowest BCUT2D eigenvalue weighted by atomic mass is 9.95. The maximum Gasteiger partial charge on any atom is 0.333 e. The summed E-state index contributed by atoms with van der Waals surface area (Å²) < 4.78 is 5.10. The number of nitrogens with zero attached hydrogens (tertiary/aromatic N) is 2. The van der Waals surface area contributed by atoms with Crippen LogP contribution in [0.15, 0.2) is 11.6 Å². The number of amides is 2. The van der Waals surface area contributed by atoms with Gasteiger partial charge in [-0.1, -0.05) is 47.1 Å². The number of hydrogen-bond donors (Lipinski definition) is 1. The minimum atomic E-state index is -0.624. The molecule has 1 N–H and O–H groups in total. The molecule has 0 bridgehead atoms.